The van der Waals surface area contributed by atoms with Crippen molar-refractivity contribution >= 4 is 23.4 Å². The van der Waals surface area contributed by atoms with E-state index in [9.17, 15) is 25.3 Å². The van der Waals surface area contributed by atoms with E-state index in [1.165, 1.54) is 42.5 Å². The Balaban J connectivity index is 1.61. The second kappa shape index (κ2) is 9.71. The van der Waals surface area contributed by atoms with Crippen LogP contribution in [0.15, 0.2) is 78.4 Å². The first-order chi connectivity index (χ1) is 14.9. The molecule has 31 heavy (non-hydrogen) atoms. The van der Waals surface area contributed by atoms with Crippen molar-refractivity contribution < 1.29 is 19.6 Å². The number of non-ortho nitro benzene ring substituents is 1. The first-order valence-corrected chi connectivity index (χ1v) is 9.13. The van der Waals surface area contributed by atoms with Crippen LogP contribution in [0.2, 0.25) is 0 Å². The van der Waals surface area contributed by atoms with Crippen LogP contribution in [-0.2, 0) is 11.4 Å². The SMILES string of the molecule is N#CC(=Cc1ccc(OCc2ccc([N+](=O)[O-])cc2)cc1)C(=O)Nc1ccc(O)cc1. The number of benzene rings is 3. The zero-order valence-electron chi connectivity index (χ0n) is 16.2. The van der Waals surface area contributed by atoms with Crippen LogP contribution in [-0.4, -0.2) is 15.9 Å². The maximum absolute atomic E-state index is 12.3. The van der Waals surface area contributed by atoms with Gasteiger partial charge in [0.05, 0.1) is 4.92 Å². The number of rotatable bonds is 7. The molecule has 0 spiro atoms. The van der Waals surface area contributed by atoms with Crippen LogP contribution in [0, 0.1) is 21.4 Å². The van der Waals surface area contributed by atoms with E-state index in [1.54, 1.807) is 36.4 Å². The molecule has 3 rings (SSSR count). The van der Waals surface area contributed by atoms with Gasteiger partial charge in [-0.05, 0) is 65.7 Å². The second-order valence-corrected chi connectivity index (χ2v) is 6.45. The molecule has 1 amide bonds. The molecule has 2 N–H and O–H groups in total. The highest BCUT2D eigenvalue weighted by Crippen LogP contribution is 2.19. The van der Waals surface area contributed by atoms with E-state index in [1.807, 2.05) is 6.07 Å². The minimum absolute atomic E-state index is 0.0163. The van der Waals surface area contributed by atoms with Gasteiger partial charge in [-0.15, -0.1) is 0 Å². The zero-order chi connectivity index (χ0) is 22.2. The number of nitriles is 1. The minimum atomic E-state index is -0.563. The number of carbonyl (C=O) groups excluding carboxylic acids is 1. The number of nitrogens with one attached hydrogen (secondary N) is 1. The third kappa shape index (κ3) is 5.92. The summed E-state index contributed by atoms with van der Waals surface area (Å²) in [6.07, 6.45) is 1.45. The molecule has 0 heterocycles. The first-order valence-electron chi connectivity index (χ1n) is 9.13. The number of phenols is 1. The quantitative estimate of drug-likeness (QED) is 0.193. The smallest absolute Gasteiger partial charge is 0.269 e. The molecular weight excluding hydrogens is 398 g/mol. The number of aromatic hydroxyl groups is 1. The zero-order valence-corrected chi connectivity index (χ0v) is 16.2. The van der Waals surface area contributed by atoms with E-state index in [0.29, 0.717) is 17.0 Å². The Hall–Kier alpha value is -4.64. The third-order valence-electron chi connectivity index (χ3n) is 4.23. The molecule has 3 aromatic rings. The molecular formula is C23H17N3O5. The molecule has 0 radical (unpaired) electrons. The van der Waals surface area contributed by atoms with Gasteiger partial charge in [-0.2, -0.15) is 5.26 Å². The molecule has 0 aliphatic carbocycles. The predicted octanol–water partition coefficient (Wildman–Crippen LogP) is 4.43. The Morgan fingerprint density at radius 2 is 1.71 bits per heavy atom. The Morgan fingerprint density at radius 1 is 1.06 bits per heavy atom. The maximum Gasteiger partial charge on any atom is 0.269 e. The summed E-state index contributed by atoms with van der Waals surface area (Å²) in [5, 5.41) is 31.9. The van der Waals surface area contributed by atoms with Crippen molar-refractivity contribution in [3.05, 3.63) is 99.6 Å². The van der Waals surface area contributed by atoms with Gasteiger partial charge in [-0.25, -0.2) is 0 Å². The summed E-state index contributed by atoms with van der Waals surface area (Å²) in [5.41, 5.74) is 1.82. The Labute approximate surface area is 177 Å². The number of nitro groups is 1. The summed E-state index contributed by atoms with van der Waals surface area (Å²) in [4.78, 5) is 22.5. The number of phenolic OH excluding ortho intramolecular Hbond substituents is 1. The number of amides is 1. The van der Waals surface area contributed by atoms with Crippen LogP contribution in [0.4, 0.5) is 11.4 Å². The number of ether oxygens (including phenoxy) is 1. The Bertz CT molecular complexity index is 1150. The Morgan fingerprint density at radius 3 is 2.29 bits per heavy atom. The average molecular weight is 415 g/mol. The fourth-order valence-electron chi connectivity index (χ4n) is 2.60. The lowest BCUT2D eigenvalue weighted by molar-refractivity contribution is -0.384. The number of anilines is 1. The topological polar surface area (TPSA) is 125 Å². The second-order valence-electron chi connectivity index (χ2n) is 6.45. The van der Waals surface area contributed by atoms with Gasteiger partial charge in [0.1, 0.15) is 29.7 Å². The fourth-order valence-corrected chi connectivity index (χ4v) is 2.60. The predicted molar refractivity (Wildman–Crippen MR) is 114 cm³/mol. The van der Waals surface area contributed by atoms with Crippen molar-refractivity contribution in [2.75, 3.05) is 5.32 Å². The lowest BCUT2D eigenvalue weighted by atomic mass is 10.1. The van der Waals surface area contributed by atoms with Gasteiger partial charge in [-0.3, -0.25) is 14.9 Å². The van der Waals surface area contributed by atoms with Crippen LogP contribution >= 0.6 is 0 Å². The van der Waals surface area contributed by atoms with Crippen LogP contribution in [0.3, 0.4) is 0 Å². The van der Waals surface area contributed by atoms with Crippen molar-refractivity contribution in [1.82, 2.24) is 0 Å². The van der Waals surface area contributed by atoms with Crippen LogP contribution in [0.1, 0.15) is 11.1 Å². The average Bonchev–Trinajstić information content (AvgIpc) is 2.78. The number of nitro benzene ring substituents is 1. The number of nitrogens with zero attached hydrogens (tertiary/aromatic N) is 2. The van der Waals surface area contributed by atoms with Gasteiger partial charge in [0, 0.05) is 17.8 Å². The molecule has 8 heteroatoms. The molecule has 8 nitrogen and oxygen atoms in total. The highest BCUT2D eigenvalue weighted by Gasteiger charge is 2.10. The lowest BCUT2D eigenvalue weighted by Crippen LogP contribution is -2.13. The lowest BCUT2D eigenvalue weighted by Gasteiger charge is -2.07. The van der Waals surface area contributed by atoms with Gasteiger partial charge in [-0.1, -0.05) is 12.1 Å². The molecule has 0 aliphatic rings. The first kappa shape index (κ1) is 21.1. The standard InChI is InChI=1S/C23H17N3O5/c24-14-18(23(28)25-19-5-9-21(27)10-6-19)13-16-3-11-22(12-4-16)31-15-17-1-7-20(8-2-17)26(29)30/h1-13,27H,15H2,(H,25,28). The van der Waals surface area contributed by atoms with E-state index in [4.69, 9.17) is 4.74 Å². The van der Waals surface area contributed by atoms with Gasteiger partial charge in [0.2, 0.25) is 0 Å². The normalized spacial score (nSPS) is 10.7. The molecule has 0 bridgehead atoms. The van der Waals surface area contributed by atoms with Crippen molar-refractivity contribution in [2.24, 2.45) is 0 Å². The monoisotopic (exact) mass is 415 g/mol. The molecule has 0 saturated heterocycles. The summed E-state index contributed by atoms with van der Waals surface area (Å²) in [6.45, 7) is 0.242. The largest absolute Gasteiger partial charge is 0.508 e. The van der Waals surface area contributed by atoms with E-state index >= 15 is 0 Å². The molecule has 0 saturated carbocycles. The number of carbonyl (C=O) groups is 1. The van der Waals surface area contributed by atoms with Crippen molar-refractivity contribution in [3.8, 4) is 17.6 Å². The van der Waals surface area contributed by atoms with Crippen LogP contribution in [0.5, 0.6) is 11.5 Å². The molecule has 0 fully saturated rings. The van der Waals surface area contributed by atoms with Gasteiger partial charge in [0.25, 0.3) is 11.6 Å². The summed E-state index contributed by atoms with van der Waals surface area (Å²) in [5.74, 6) is 0.0826. The molecule has 0 aliphatic heterocycles. The Kier molecular flexibility index (Phi) is 6.60. The summed E-state index contributed by atoms with van der Waals surface area (Å²) < 4.78 is 5.66. The third-order valence-corrected chi connectivity index (χ3v) is 4.23. The summed E-state index contributed by atoms with van der Waals surface area (Å²) in [6, 6.07) is 20.7. The number of hydrogen-bond acceptors (Lipinski definition) is 6. The van der Waals surface area contributed by atoms with Crippen molar-refractivity contribution in [2.45, 2.75) is 6.61 Å². The van der Waals surface area contributed by atoms with Crippen LogP contribution in [0.25, 0.3) is 6.08 Å². The summed E-state index contributed by atoms with van der Waals surface area (Å²) >= 11 is 0. The van der Waals surface area contributed by atoms with E-state index in [-0.39, 0.29) is 23.6 Å². The maximum atomic E-state index is 12.3. The molecule has 154 valence electrons. The van der Waals surface area contributed by atoms with Gasteiger partial charge in [0.15, 0.2) is 0 Å². The van der Waals surface area contributed by atoms with Crippen molar-refractivity contribution in [1.29, 1.82) is 5.26 Å². The van der Waals surface area contributed by atoms with E-state index < -0.39 is 10.8 Å². The van der Waals surface area contributed by atoms with E-state index in [2.05, 4.69) is 5.32 Å². The van der Waals surface area contributed by atoms with Crippen molar-refractivity contribution in [3.63, 3.8) is 0 Å². The highest BCUT2D eigenvalue weighted by molar-refractivity contribution is 6.09. The molecule has 0 atom stereocenters. The molecule has 3 aromatic carbocycles. The van der Waals surface area contributed by atoms with Crippen LogP contribution < -0.4 is 10.1 Å². The summed E-state index contributed by atoms with van der Waals surface area (Å²) in [7, 11) is 0. The molecule has 0 unspecified atom stereocenters. The van der Waals surface area contributed by atoms with Gasteiger partial charge < -0.3 is 15.2 Å². The minimum Gasteiger partial charge on any atom is -0.508 e. The van der Waals surface area contributed by atoms with E-state index in [0.717, 1.165) is 5.56 Å². The van der Waals surface area contributed by atoms with Gasteiger partial charge >= 0.3 is 0 Å². The highest BCUT2D eigenvalue weighted by atomic mass is 16.6. The molecule has 0 aromatic heterocycles. The fraction of sp³-hybridized carbons (Fsp3) is 0.0435. The number of hydrogen-bond donors (Lipinski definition) is 2.